The zero-order valence-electron chi connectivity index (χ0n) is 30.0. The molecule has 1 aromatic carbocycles. The maximum absolute atomic E-state index is 14.0. The lowest BCUT2D eigenvalue weighted by molar-refractivity contribution is -0.130. The fraction of sp³-hybridized carbons (Fsp3) is 0.528. The van der Waals surface area contributed by atoms with Gasteiger partial charge in [-0.05, 0) is 63.5 Å². The number of pyridine rings is 1. The maximum Gasteiger partial charge on any atom is 0.317 e. The third-order valence-corrected chi connectivity index (χ3v) is 13.5. The van der Waals surface area contributed by atoms with Crippen LogP contribution < -0.4 is 24.8 Å². The van der Waals surface area contributed by atoms with Crippen LogP contribution in [0.1, 0.15) is 77.3 Å². The molecule has 2 aromatic heterocycles. The minimum absolute atomic E-state index is 0.0192. The summed E-state index contributed by atoms with van der Waals surface area (Å²) in [6.07, 6.45) is 7.26. The zero-order valence-corrected chi connectivity index (χ0v) is 32.3. The monoisotopic (exact) mass is 772 g/mol. The molecule has 4 amide bonds. The minimum Gasteiger partial charge on any atom is -0.495 e. The molecule has 1 aliphatic heterocycles. The van der Waals surface area contributed by atoms with E-state index in [0.717, 1.165) is 25.0 Å². The van der Waals surface area contributed by atoms with Crippen LogP contribution in [0.25, 0.3) is 21.6 Å². The Labute approximate surface area is 312 Å². The first-order valence-corrected chi connectivity index (χ1v) is 20.2. The molecule has 0 unspecified atom stereocenters. The number of ether oxygens (including phenoxy) is 2. The van der Waals surface area contributed by atoms with Crippen LogP contribution in [0, 0.1) is 5.92 Å². The molecule has 3 N–H and O–H groups in total. The summed E-state index contributed by atoms with van der Waals surface area (Å²) in [7, 11) is -0.772. The van der Waals surface area contributed by atoms with Crippen molar-refractivity contribution in [1.82, 2.24) is 30.2 Å². The lowest BCUT2D eigenvalue weighted by Crippen LogP contribution is -2.58. The van der Waals surface area contributed by atoms with Crippen LogP contribution in [0.5, 0.6) is 11.5 Å². The number of nitrogens with one attached hydrogen (secondary N) is 3. The predicted octanol–water partition coefficient (Wildman–Crippen LogP) is 5.54. The summed E-state index contributed by atoms with van der Waals surface area (Å²) < 4.78 is 39.1. The third kappa shape index (κ3) is 7.72. The van der Waals surface area contributed by atoms with Gasteiger partial charge in [-0.2, -0.15) is 0 Å². The smallest absolute Gasteiger partial charge is 0.317 e. The summed E-state index contributed by atoms with van der Waals surface area (Å²) in [4.78, 5) is 52.1. The van der Waals surface area contributed by atoms with Crippen molar-refractivity contribution in [3.05, 3.63) is 46.4 Å². The molecule has 52 heavy (non-hydrogen) atoms. The van der Waals surface area contributed by atoms with E-state index in [9.17, 15) is 22.8 Å². The highest BCUT2D eigenvalue weighted by Gasteiger charge is 2.62. The molecule has 0 bridgehead atoms. The molecule has 0 spiro atoms. The summed E-state index contributed by atoms with van der Waals surface area (Å²) in [5.74, 6) is -0.691. The van der Waals surface area contributed by atoms with E-state index in [1.807, 2.05) is 17.5 Å². The highest BCUT2D eigenvalue weighted by molar-refractivity contribution is 7.91. The zero-order chi connectivity index (χ0) is 37.4. The van der Waals surface area contributed by atoms with Gasteiger partial charge < -0.3 is 25.0 Å². The van der Waals surface area contributed by atoms with Crippen LogP contribution in [0.15, 0.2) is 35.7 Å². The molecule has 13 nitrogen and oxygen atoms in total. The molecule has 2 aliphatic carbocycles. The van der Waals surface area contributed by atoms with Crippen LogP contribution in [0.2, 0.25) is 5.02 Å². The summed E-state index contributed by atoms with van der Waals surface area (Å²) in [5.41, 5.74) is 0.466. The SMILES string of the molecule is COc1ccc2c(OCC[C@@H]3NC(=O)N(C)CCCCC=C[C@@H]4C[C@@]4(C(=O)NS(=O)(=O)C4(C)CC4)NC3=O)cc(-c3nc(C(C)C)cs3)nc2c1Cl. The molecule has 6 rings (SSSR count). The van der Waals surface area contributed by atoms with E-state index in [1.54, 1.807) is 32.2 Å². The molecule has 3 aliphatic rings. The van der Waals surface area contributed by atoms with Gasteiger partial charge in [-0.25, -0.2) is 23.2 Å². The largest absolute Gasteiger partial charge is 0.495 e. The Balaban J connectivity index is 1.27. The number of fused-ring (bicyclic) bond motifs is 2. The number of urea groups is 1. The molecule has 3 heterocycles. The number of carbonyl (C=O) groups excluding carboxylic acids is 3. The van der Waals surface area contributed by atoms with Crippen molar-refractivity contribution in [2.24, 2.45) is 5.92 Å². The second-order valence-corrected chi connectivity index (χ2v) is 17.8. The van der Waals surface area contributed by atoms with Crippen molar-refractivity contribution in [2.45, 2.75) is 88.0 Å². The molecule has 3 atom stereocenters. The Morgan fingerprint density at radius 2 is 1.96 bits per heavy atom. The highest BCUT2D eigenvalue weighted by atomic mass is 35.5. The number of benzene rings is 1. The Hall–Kier alpha value is -3.95. The van der Waals surface area contributed by atoms with Crippen LogP contribution in [0.3, 0.4) is 0 Å². The van der Waals surface area contributed by atoms with Gasteiger partial charge in [0.05, 0.1) is 29.7 Å². The van der Waals surface area contributed by atoms with Crippen LogP contribution >= 0.6 is 22.9 Å². The van der Waals surface area contributed by atoms with Gasteiger partial charge in [-0.15, -0.1) is 11.3 Å². The minimum atomic E-state index is -3.95. The average molecular weight is 773 g/mol. The van der Waals surface area contributed by atoms with E-state index in [-0.39, 0.29) is 25.4 Å². The molecular formula is C36H45ClN6O7S2. The lowest BCUT2D eigenvalue weighted by atomic mass is 10.1. The predicted molar refractivity (Wildman–Crippen MR) is 200 cm³/mol. The molecule has 2 fully saturated rings. The van der Waals surface area contributed by atoms with Gasteiger partial charge in [0.25, 0.3) is 5.91 Å². The first kappa shape index (κ1) is 37.8. The van der Waals surface area contributed by atoms with Crippen molar-refractivity contribution in [3.63, 3.8) is 0 Å². The number of halogens is 1. The highest BCUT2D eigenvalue weighted by Crippen LogP contribution is 2.47. The van der Waals surface area contributed by atoms with Crippen molar-refractivity contribution in [3.8, 4) is 22.2 Å². The molecule has 280 valence electrons. The van der Waals surface area contributed by atoms with Gasteiger partial charge in [0.2, 0.25) is 15.9 Å². The van der Waals surface area contributed by atoms with Gasteiger partial charge in [-0.1, -0.05) is 37.6 Å². The van der Waals surface area contributed by atoms with E-state index in [4.69, 9.17) is 31.0 Å². The number of hydrogen-bond acceptors (Lipinski definition) is 10. The van der Waals surface area contributed by atoms with E-state index in [0.29, 0.717) is 57.5 Å². The summed E-state index contributed by atoms with van der Waals surface area (Å²) >= 11 is 8.18. The quantitative estimate of drug-likeness (QED) is 0.224. The third-order valence-electron chi connectivity index (χ3n) is 10.1. The number of thiazole rings is 1. The Morgan fingerprint density at radius 3 is 2.65 bits per heavy atom. The van der Waals surface area contributed by atoms with E-state index in [1.165, 1.54) is 23.3 Å². The maximum atomic E-state index is 14.0. The van der Waals surface area contributed by atoms with Crippen LogP contribution in [-0.2, 0) is 19.6 Å². The molecule has 2 saturated carbocycles. The summed E-state index contributed by atoms with van der Waals surface area (Å²) in [5, 5.41) is 9.25. The molecule has 0 radical (unpaired) electrons. The normalized spacial score (nSPS) is 23.3. The number of nitrogens with zero attached hydrogens (tertiary/aromatic N) is 3. The summed E-state index contributed by atoms with van der Waals surface area (Å²) in [6.45, 7) is 6.19. The molecular weight excluding hydrogens is 728 g/mol. The number of rotatable bonds is 10. The first-order valence-electron chi connectivity index (χ1n) is 17.5. The number of allylic oxidation sites excluding steroid dienone is 1. The van der Waals surface area contributed by atoms with Crippen LogP contribution in [0.4, 0.5) is 4.79 Å². The Bertz CT molecular complexity index is 2010. The molecule has 3 aromatic rings. The van der Waals surface area contributed by atoms with Gasteiger partial charge in [0.1, 0.15) is 38.8 Å². The number of hydrogen-bond donors (Lipinski definition) is 3. The number of sulfonamides is 1. The van der Waals surface area contributed by atoms with Gasteiger partial charge in [-0.3, -0.25) is 14.3 Å². The standard InChI is InChI=1S/C36H45ClN6O7S2/c1-21(2)26-20-51-32(39-26)25-18-28(23-11-12-27(49-5)29(37)30(23)38-25)50-17-13-24-31(44)41-36(33(45)42-52(47,48)35(3)14-15-35)19-22(36)10-8-6-7-9-16-43(4)34(46)40-24/h8,10-12,18,20-22,24H,6-7,9,13-17,19H2,1-5H3,(H,40,46)(H,41,44)(H,42,45)/t22-,24+,36-/m1/s1. The number of amides is 4. The first-order chi connectivity index (χ1) is 24.7. The fourth-order valence-corrected chi connectivity index (χ4v) is 8.66. The van der Waals surface area contributed by atoms with Crippen molar-refractivity contribution in [1.29, 1.82) is 0 Å². The van der Waals surface area contributed by atoms with E-state index < -0.39 is 50.1 Å². The second kappa shape index (κ2) is 14.8. The number of methoxy groups -OCH3 is 1. The van der Waals surface area contributed by atoms with E-state index in [2.05, 4.69) is 29.2 Å². The Kier molecular flexibility index (Phi) is 10.8. The second-order valence-electron chi connectivity index (χ2n) is 14.4. The molecule has 16 heteroatoms. The van der Waals surface area contributed by atoms with Gasteiger partial charge in [0.15, 0.2) is 0 Å². The Morgan fingerprint density at radius 1 is 1.19 bits per heavy atom. The fourth-order valence-electron chi connectivity index (χ4n) is 6.12. The number of aromatic nitrogens is 2. The molecule has 0 saturated heterocycles. The van der Waals surface area contributed by atoms with Crippen molar-refractivity contribution < 1.29 is 32.3 Å². The topological polar surface area (TPSA) is 169 Å². The number of carbonyl (C=O) groups is 3. The van der Waals surface area contributed by atoms with E-state index >= 15 is 0 Å². The van der Waals surface area contributed by atoms with Crippen molar-refractivity contribution in [2.75, 3.05) is 27.3 Å². The van der Waals surface area contributed by atoms with Crippen molar-refractivity contribution >= 4 is 61.7 Å². The summed E-state index contributed by atoms with van der Waals surface area (Å²) in [6, 6.07) is 3.71. The van der Waals surface area contributed by atoms with Gasteiger partial charge in [0, 0.05) is 42.8 Å². The van der Waals surface area contributed by atoms with Gasteiger partial charge >= 0.3 is 6.03 Å². The lowest BCUT2D eigenvalue weighted by Gasteiger charge is -2.26. The average Bonchev–Trinajstić information content (AvgIpc) is 3.96. The van der Waals surface area contributed by atoms with Crippen LogP contribution in [-0.4, -0.2) is 84.8 Å².